The summed E-state index contributed by atoms with van der Waals surface area (Å²) in [6.07, 6.45) is 1.28. The molecule has 2 rings (SSSR count). The quantitative estimate of drug-likeness (QED) is 0.344. The van der Waals surface area contributed by atoms with E-state index >= 15 is 0 Å². The van der Waals surface area contributed by atoms with Crippen LogP contribution in [-0.2, 0) is 0 Å². The minimum absolute atomic E-state index is 0.0552. The fraction of sp³-hybridized carbons (Fsp3) is 0. The zero-order valence-corrected chi connectivity index (χ0v) is 12.4. The van der Waals surface area contributed by atoms with Crippen LogP contribution in [-0.4, -0.2) is 21.4 Å². The number of rotatable bonds is 4. The summed E-state index contributed by atoms with van der Waals surface area (Å²) in [4.78, 5) is 10.0. The predicted octanol–water partition coefficient (Wildman–Crippen LogP) is 2.76. The van der Waals surface area contributed by atoms with Crippen molar-refractivity contribution < 1.29 is 14.4 Å². The van der Waals surface area contributed by atoms with Gasteiger partial charge in [-0.15, -0.1) is 0 Å². The minimum atomic E-state index is -0.704. The third-order valence-corrected chi connectivity index (χ3v) is 2.89. The van der Waals surface area contributed by atoms with Crippen molar-refractivity contribution in [1.82, 2.24) is 5.43 Å². The Balaban J connectivity index is 1.99. The Bertz CT molecular complexity index is 782. The van der Waals surface area contributed by atoms with Crippen molar-refractivity contribution in [2.24, 2.45) is 5.10 Å². The normalized spacial score (nSPS) is 10.5. The molecule has 0 unspecified atom stereocenters. The van der Waals surface area contributed by atoms with E-state index in [9.17, 15) is 19.6 Å². The Morgan fingerprint density at radius 3 is 2.78 bits per heavy atom. The highest BCUT2D eigenvalue weighted by Gasteiger charge is 2.12. The van der Waals surface area contributed by atoms with Crippen molar-refractivity contribution in [1.29, 1.82) is 0 Å². The van der Waals surface area contributed by atoms with Gasteiger partial charge in [0.15, 0.2) is 10.9 Å². The number of aromatic hydroxyl groups is 1. The first kappa shape index (κ1) is 16.3. The van der Waals surface area contributed by atoms with E-state index in [1.165, 1.54) is 30.5 Å². The lowest BCUT2D eigenvalue weighted by Crippen LogP contribution is -2.24. The van der Waals surface area contributed by atoms with E-state index in [0.29, 0.717) is 5.56 Å². The number of halogens is 1. The molecular formula is C14H11FN4O3S. The van der Waals surface area contributed by atoms with Gasteiger partial charge in [-0.1, -0.05) is 12.1 Å². The van der Waals surface area contributed by atoms with E-state index in [1.54, 1.807) is 12.1 Å². The van der Waals surface area contributed by atoms with Gasteiger partial charge >= 0.3 is 5.69 Å². The summed E-state index contributed by atoms with van der Waals surface area (Å²) >= 11 is 4.95. The lowest BCUT2D eigenvalue weighted by atomic mass is 10.2. The number of phenols is 1. The van der Waals surface area contributed by atoms with E-state index in [-0.39, 0.29) is 10.8 Å². The Morgan fingerprint density at radius 1 is 1.35 bits per heavy atom. The highest BCUT2D eigenvalue weighted by atomic mass is 32.1. The van der Waals surface area contributed by atoms with Crippen LogP contribution in [0.1, 0.15) is 5.56 Å². The molecule has 0 radical (unpaired) electrons. The summed E-state index contributed by atoms with van der Waals surface area (Å²) in [6, 6.07) is 9.78. The van der Waals surface area contributed by atoms with Crippen molar-refractivity contribution >= 4 is 34.9 Å². The zero-order valence-electron chi connectivity index (χ0n) is 11.6. The molecule has 2 aromatic rings. The number of thiocarbonyl (C=S) groups is 1. The Kier molecular flexibility index (Phi) is 5.15. The molecule has 23 heavy (non-hydrogen) atoms. The molecule has 0 amide bonds. The number of hydrogen-bond acceptors (Lipinski definition) is 5. The fourth-order valence-electron chi connectivity index (χ4n) is 1.65. The topological polar surface area (TPSA) is 99.8 Å². The van der Waals surface area contributed by atoms with E-state index in [1.807, 2.05) is 0 Å². The van der Waals surface area contributed by atoms with Crippen LogP contribution in [0.25, 0.3) is 0 Å². The lowest BCUT2D eigenvalue weighted by Gasteiger charge is -2.07. The Hall–Kier alpha value is -3.07. The molecule has 0 fully saturated rings. The zero-order chi connectivity index (χ0) is 16.8. The molecule has 0 atom stereocenters. The SMILES string of the molecule is O=[N+]([O-])c1cc(/C=N\NC(=S)Nc2ccccc2F)ccc1O. The molecule has 118 valence electrons. The van der Waals surface area contributed by atoms with E-state index in [2.05, 4.69) is 15.8 Å². The van der Waals surface area contributed by atoms with Gasteiger partial charge in [0, 0.05) is 11.6 Å². The average Bonchev–Trinajstić information content (AvgIpc) is 2.51. The number of anilines is 1. The summed E-state index contributed by atoms with van der Waals surface area (Å²) in [6.45, 7) is 0. The van der Waals surface area contributed by atoms with Gasteiger partial charge in [0.1, 0.15) is 5.82 Å². The molecule has 3 N–H and O–H groups in total. The maximum absolute atomic E-state index is 13.4. The number of phenolic OH excluding ortho intramolecular Hbond substituents is 1. The van der Waals surface area contributed by atoms with E-state index in [4.69, 9.17) is 12.2 Å². The van der Waals surface area contributed by atoms with Gasteiger partial charge < -0.3 is 10.4 Å². The van der Waals surface area contributed by atoms with Crippen molar-refractivity contribution in [3.05, 3.63) is 64.0 Å². The van der Waals surface area contributed by atoms with Gasteiger partial charge in [-0.05, 0) is 36.5 Å². The van der Waals surface area contributed by atoms with Crippen LogP contribution in [0.2, 0.25) is 0 Å². The summed E-state index contributed by atoms with van der Waals surface area (Å²) in [5.74, 6) is -0.897. The third-order valence-electron chi connectivity index (χ3n) is 2.70. The smallest absolute Gasteiger partial charge is 0.311 e. The molecule has 0 heterocycles. The number of nitro groups is 1. The molecule has 0 aliphatic rings. The van der Waals surface area contributed by atoms with Gasteiger partial charge in [0.05, 0.1) is 16.8 Å². The average molecular weight is 334 g/mol. The second kappa shape index (κ2) is 7.27. The second-order valence-corrected chi connectivity index (χ2v) is 4.72. The number of para-hydroxylation sites is 1. The van der Waals surface area contributed by atoms with Gasteiger partial charge in [-0.25, -0.2) is 4.39 Å². The summed E-state index contributed by atoms with van der Waals surface area (Å²) in [5.41, 5.74) is 2.61. The second-order valence-electron chi connectivity index (χ2n) is 4.31. The van der Waals surface area contributed by atoms with Crippen molar-refractivity contribution in [3.63, 3.8) is 0 Å². The molecule has 0 bridgehead atoms. The molecule has 0 aliphatic heterocycles. The first-order valence-corrected chi connectivity index (χ1v) is 6.70. The van der Waals surface area contributed by atoms with Crippen molar-refractivity contribution in [3.8, 4) is 5.75 Å². The summed E-state index contributed by atoms with van der Waals surface area (Å²) in [7, 11) is 0. The molecule has 7 nitrogen and oxygen atoms in total. The summed E-state index contributed by atoms with van der Waals surface area (Å²) in [5, 5.41) is 26.5. The van der Waals surface area contributed by atoms with Crippen molar-refractivity contribution in [2.75, 3.05) is 5.32 Å². The standard InChI is InChI=1S/C14H11FN4O3S/c15-10-3-1-2-4-11(10)17-14(23)18-16-8-9-5-6-13(20)12(7-9)19(21)22/h1-8,20H,(H2,17,18,23)/b16-8-. The molecule has 0 spiro atoms. The van der Waals surface area contributed by atoms with Crippen molar-refractivity contribution in [2.45, 2.75) is 0 Å². The maximum atomic E-state index is 13.4. The first-order chi connectivity index (χ1) is 11.0. The van der Waals surface area contributed by atoms with Crippen LogP contribution in [0.3, 0.4) is 0 Å². The lowest BCUT2D eigenvalue weighted by molar-refractivity contribution is -0.385. The van der Waals surface area contributed by atoms with Crippen LogP contribution in [0.15, 0.2) is 47.6 Å². The minimum Gasteiger partial charge on any atom is -0.502 e. The van der Waals surface area contributed by atoms with Crippen LogP contribution in [0, 0.1) is 15.9 Å². The molecule has 0 aromatic heterocycles. The third kappa shape index (κ3) is 4.45. The Morgan fingerprint density at radius 2 is 2.09 bits per heavy atom. The van der Waals surface area contributed by atoms with Crippen LogP contribution in [0.4, 0.5) is 15.8 Å². The molecular weight excluding hydrogens is 323 g/mol. The van der Waals surface area contributed by atoms with Gasteiger partial charge in [0.2, 0.25) is 0 Å². The largest absolute Gasteiger partial charge is 0.502 e. The number of hydrogen-bond donors (Lipinski definition) is 3. The summed E-state index contributed by atoms with van der Waals surface area (Å²) < 4.78 is 13.4. The molecule has 0 aliphatic carbocycles. The van der Waals surface area contributed by atoms with Gasteiger partial charge in [-0.3, -0.25) is 15.5 Å². The molecule has 2 aromatic carbocycles. The maximum Gasteiger partial charge on any atom is 0.311 e. The number of benzene rings is 2. The van der Waals surface area contributed by atoms with Crippen LogP contribution < -0.4 is 10.7 Å². The first-order valence-electron chi connectivity index (χ1n) is 6.29. The van der Waals surface area contributed by atoms with E-state index < -0.39 is 22.2 Å². The van der Waals surface area contributed by atoms with E-state index in [0.717, 1.165) is 6.07 Å². The Labute approximate surface area is 135 Å². The number of nitrogens with zero attached hydrogens (tertiary/aromatic N) is 2. The fourth-order valence-corrected chi connectivity index (χ4v) is 1.81. The van der Waals surface area contributed by atoms with Gasteiger partial charge in [-0.2, -0.15) is 5.10 Å². The number of nitrogens with one attached hydrogen (secondary N) is 2. The highest BCUT2D eigenvalue weighted by Crippen LogP contribution is 2.25. The highest BCUT2D eigenvalue weighted by molar-refractivity contribution is 7.80. The molecule has 9 heteroatoms. The molecule has 0 saturated carbocycles. The number of nitro benzene ring substituents is 1. The van der Waals surface area contributed by atoms with Crippen LogP contribution in [0.5, 0.6) is 5.75 Å². The van der Waals surface area contributed by atoms with Gasteiger partial charge in [0.25, 0.3) is 0 Å². The predicted molar refractivity (Wildman–Crippen MR) is 88.1 cm³/mol. The monoisotopic (exact) mass is 334 g/mol. The molecule has 0 saturated heterocycles. The van der Waals surface area contributed by atoms with Crippen LogP contribution >= 0.6 is 12.2 Å². The number of hydrazone groups is 1.